The lowest BCUT2D eigenvalue weighted by Crippen LogP contribution is -2.51. The summed E-state index contributed by atoms with van der Waals surface area (Å²) in [6, 6.07) is 16.9. The highest BCUT2D eigenvalue weighted by molar-refractivity contribution is 7.88. The van der Waals surface area contributed by atoms with E-state index >= 15 is 0 Å². The molecule has 0 spiro atoms. The predicted molar refractivity (Wildman–Crippen MR) is 141 cm³/mol. The Labute approximate surface area is 214 Å². The van der Waals surface area contributed by atoms with E-state index in [2.05, 4.69) is 16.6 Å². The number of nitrogens with zero attached hydrogens (tertiary/aromatic N) is 1. The molecule has 7 nitrogen and oxygen atoms in total. The molecule has 0 aliphatic carbocycles. The van der Waals surface area contributed by atoms with Crippen molar-refractivity contribution >= 4 is 16.1 Å². The van der Waals surface area contributed by atoms with Crippen LogP contribution in [0.25, 0.3) is 0 Å². The van der Waals surface area contributed by atoms with Crippen molar-refractivity contribution < 1.29 is 23.1 Å². The van der Waals surface area contributed by atoms with E-state index in [4.69, 9.17) is 4.74 Å². The molecule has 194 valence electrons. The minimum Gasteiger partial charge on any atom is -0.438 e. The van der Waals surface area contributed by atoms with Crippen LogP contribution in [0, 0.1) is 11.8 Å². The van der Waals surface area contributed by atoms with E-state index in [9.17, 15) is 18.3 Å². The van der Waals surface area contributed by atoms with Crippen molar-refractivity contribution in [2.75, 3.05) is 12.8 Å². The van der Waals surface area contributed by atoms with Gasteiger partial charge in [0.05, 0.1) is 23.4 Å². The van der Waals surface area contributed by atoms with Gasteiger partial charge in [0.25, 0.3) is 0 Å². The van der Waals surface area contributed by atoms with Crippen molar-refractivity contribution in [1.29, 1.82) is 0 Å². The Bertz CT molecular complexity index is 1240. The molecular weight excluding hydrogens is 476 g/mol. The number of amides is 1. The first kappa shape index (κ1) is 27.7. The second-order valence-electron chi connectivity index (χ2n) is 10.7. The second kappa shape index (κ2) is 10.3. The Hall–Kier alpha value is -2.86. The van der Waals surface area contributed by atoms with Gasteiger partial charge in [-0.3, -0.25) is 0 Å². The third kappa shape index (κ3) is 7.33. The third-order valence-electron chi connectivity index (χ3n) is 6.11. The third-order valence-corrected chi connectivity index (χ3v) is 6.99. The topological polar surface area (TPSA) is 95.9 Å². The minimum absolute atomic E-state index is 0.223. The number of hydrogen-bond acceptors (Lipinski definition) is 5. The smallest absolute Gasteiger partial charge is 0.411 e. The average molecular weight is 513 g/mol. The zero-order valence-electron chi connectivity index (χ0n) is 21.8. The van der Waals surface area contributed by atoms with Gasteiger partial charge >= 0.3 is 6.09 Å². The fourth-order valence-electron chi connectivity index (χ4n) is 4.63. The SMILES string of the molecule is CC(c1ccc(C#CC(C)(C)NS(C)(=O)=O)cc1)N1CCC(CC(C)(C)O)(c2ccccc2)OC1=O. The van der Waals surface area contributed by atoms with Gasteiger partial charge in [-0.15, -0.1) is 0 Å². The molecule has 0 bridgehead atoms. The number of hydrogen-bond donors (Lipinski definition) is 2. The Balaban J connectivity index is 1.75. The molecule has 3 rings (SSSR count). The molecule has 2 N–H and O–H groups in total. The van der Waals surface area contributed by atoms with E-state index in [1.807, 2.05) is 61.5 Å². The van der Waals surface area contributed by atoms with Gasteiger partial charge in [0, 0.05) is 24.9 Å². The molecule has 2 aromatic carbocycles. The van der Waals surface area contributed by atoms with E-state index in [1.165, 1.54) is 0 Å². The summed E-state index contributed by atoms with van der Waals surface area (Å²) >= 11 is 0. The molecule has 1 fully saturated rings. The summed E-state index contributed by atoms with van der Waals surface area (Å²) in [5, 5.41) is 10.6. The van der Waals surface area contributed by atoms with Crippen LogP contribution >= 0.6 is 0 Å². The molecule has 2 unspecified atom stereocenters. The van der Waals surface area contributed by atoms with Gasteiger partial charge in [-0.2, -0.15) is 4.72 Å². The van der Waals surface area contributed by atoms with Crippen molar-refractivity contribution in [3.8, 4) is 11.8 Å². The number of rotatable bonds is 7. The number of ether oxygens (including phenoxy) is 1. The van der Waals surface area contributed by atoms with Crippen molar-refractivity contribution in [1.82, 2.24) is 9.62 Å². The fourth-order valence-corrected chi connectivity index (χ4v) is 5.61. The van der Waals surface area contributed by atoms with Gasteiger partial charge < -0.3 is 14.7 Å². The lowest BCUT2D eigenvalue weighted by atomic mass is 9.80. The van der Waals surface area contributed by atoms with Crippen LogP contribution in [-0.2, 0) is 20.4 Å². The Morgan fingerprint density at radius 3 is 2.25 bits per heavy atom. The highest BCUT2D eigenvalue weighted by atomic mass is 32.2. The summed E-state index contributed by atoms with van der Waals surface area (Å²) in [5.74, 6) is 5.96. The summed E-state index contributed by atoms with van der Waals surface area (Å²) in [6.07, 6.45) is 1.55. The zero-order chi connectivity index (χ0) is 26.8. The highest BCUT2D eigenvalue weighted by Crippen LogP contribution is 2.42. The van der Waals surface area contributed by atoms with Crippen molar-refractivity contribution in [3.63, 3.8) is 0 Å². The van der Waals surface area contributed by atoms with Crippen molar-refractivity contribution in [3.05, 3.63) is 71.3 Å². The lowest BCUT2D eigenvalue weighted by Gasteiger charge is -2.45. The quantitative estimate of drug-likeness (QED) is 0.539. The van der Waals surface area contributed by atoms with Gasteiger partial charge in [-0.05, 0) is 57.9 Å². The number of carbonyl (C=O) groups is 1. The van der Waals surface area contributed by atoms with Gasteiger partial charge in [0.15, 0.2) is 0 Å². The van der Waals surface area contributed by atoms with E-state index in [1.54, 1.807) is 32.6 Å². The molecule has 2 aromatic rings. The Morgan fingerprint density at radius 1 is 1.11 bits per heavy atom. The molecule has 1 heterocycles. The molecule has 8 heteroatoms. The number of nitrogens with one attached hydrogen (secondary N) is 1. The number of cyclic esters (lactones) is 1. The summed E-state index contributed by atoms with van der Waals surface area (Å²) in [6.45, 7) is 9.29. The first-order valence-corrected chi connectivity index (χ1v) is 13.9. The van der Waals surface area contributed by atoms with E-state index in [0.29, 0.717) is 19.4 Å². The normalized spacial score (nSPS) is 19.8. The molecule has 1 saturated heterocycles. The second-order valence-corrected chi connectivity index (χ2v) is 12.5. The maximum Gasteiger partial charge on any atom is 0.411 e. The first-order chi connectivity index (χ1) is 16.6. The Morgan fingerprint density at radius 2 is 1.72 bits per heavy atom. The molecular formula is C28H36N2O5S. The largest absolute Gasteiger partial charge is 0.438 e. The van der Waals surface area contributed by atoms with Crippen LogP contribution in [0.1, 0.15) is 70.2 Å². The zero-order valence-corrected chi connectivity index (χ0v) is 22.6. The Kier molecular flexibility index (Phi) is 7.89. The van der Waals surface area contributed by atoms with Crippen LogP contribution in [0.15, 0.2) is 54.6 Å². The van der Waals surface area contributed by atoms with Crippen LogP contribution in [0.4, 0.5) is 4.79 Å². The van der Waals surface area contributed by atoms with Crippen LogP contribution in [0.5, 0.6) is 0 Å². The summed E-state index contributed by atoms with van der Waals surface area (Å²) < 4.78 is 31.6. The fraction of sp³-hybridized carbons (Fsp3) is 0.464. The first-order valence-electron chi connectivity index (χ1n) is 12.0. The molecule has 0 saturated carbocycles. The number of aliphatic hydroxyl groups is 1. The molecule has 0 radical (unpaired) electrons. The van der Waals surface area contributed by atoms with E-state index in [0.717, 1.165) is 22.9 Å². The maximum atomic E-state index is 13.2. The van der Waals surface area contributed by atoms with Crippen LogP contribution < -0.4 is 4.72 Å². The monoisotopic (exact) mass is 512 g/mol. The minimum atomic E-state index is -3.37. The summed E-state index contributed by atoms with van der Waals surface area (Å²) in [7, 11) is -3.37. The maximum absolute atomic E-state index is 13.2. The van der Waals surface area contributed by atoms with Crippen molar-refractivity contribution in [2.24, 2.45) is 0 Å². The highest BCUT2D eigenvalue weighted by Gasteiger charge is 2.46. The van der Waals surface area contributed by atoms with Gasteiger partial charge in [-0.1, -0.05) is 54.3 Å². The number of carbonyl (C=O) groups excluding carboxylic acids is 1. The van der Waals surface area contributed by atoms with Gasteiger partial charge in [-0.25, -0.2) is 13.2 Å². The van der Waals surface area contributed by atoms with E-state index < -0.39 is 32.9 Å². The van der Waals surface area contributed by atoms with E-state index in [-0.39, 0.29) is 6.04 Å². The molecule has 0 aromatic heterocycles. The summed E-state index contributed by atoms with van der Waals surface area (Å²) in [4.78, 5) is 14.9. The number of sulfonamides is 1. The molecule has 1 aliphatic rings. The molecule has 36 heavy (non-hydrogen) atoms. The standard InChI is InChI=1S/C28H36N2O5S/c1-21(23-14-12-22(13-15-23)16-17-26(2,3)29-36(6,33)34)30-19-18-28(35-25(30)31,20-27(4,5)32)24-10-8-7-9-11-24/h7-15,21,29,32H,18-20H2,1-6H3. The van der Waals surface area contributed by atoms with Crippen LogP contribution in [0.3, 0.4) is 0 Å². The lowest BCUT2D eigenvalue weighted by molar-refractivity contribution is -0.101. The van der Waals surface area contributed by atoms with Crippen LogP contribution in [-0.4, -0.2) is 48.5 Å². The van der Waals surface area contributed by atoms with Crippen molar-refractivity contribution in [2.45, 2.75) is 70.2 Å². The predicted octanol–water partition coefficient (Wildman–Crippen LogP) is 4.33. The van der Waals surface area contributed by atoms with Gasteiger partial charge in [0.2, 0.25) is 10.0 Å². The molecule has 1 amide bonds. The average Bonchev–Trinajstić information content (AvgIpc) is 2.76. The van der Waals surface area contributed by atoms with Crippen LogP contribution in [0.2, 0.25) is 0 Å². The molecule has 2 atom stereocenters. The molecule has 1 aliphatic heterocycles. The van der Waals surface area contributed by atoms with Gasteiger partial charge in [0.1, 0.15) is 5.60 Å². The number of benzene rings is 2. The summed E-state index contributed by atoms with van der Waals surface area (Å²) in [5.41, 5.74) is -0.245.